The van der Waals surface area contributed by atoms with Crippen LogP contribution in [0.1, 0.15) is 22.8 Å². The van der Waals surface area contributed by atoms with Crippen LogP contribution >= 0.6 is 15.9 Å². The van der Waals surface area contributed by atoms with Gasteiger partial charge in [0.2, 0.25) is 0 Å². The summed E-state index contributed by atoms with van der Waals surface area (Å²) in [5.74, 6) is -0.175. The molecule has 0 bridgehead atoms. The molecular formula is C18H19BrN2O3. The number of carbonyl (C=O) groups is 2. The van der Waals surface area contributed by atoms with E-state index in [1.54, 1.807) is 44.3 Å². The highest BCUT2D eigenvalue weighted by atomic mass is 79.9. The smallest absolute Gasteiger partial charge is 0.413 e. The number of carbonyl (C=O) groups excluding carboxylic acids is 2. The Morgan fingerprint density at radius 1 is 1.17 bits per heavy atom. The van der Waals surface area contributed by atoms with E-state index in [1.165, 1.54) is 4.90 Å². The molecule has 6 heteroatoms. The standard InChI is InChI=1S/C18H19BrN2O3/c1-4-24-18(23)21(3)15-8-6-14(7-9-15)20-17(22)16-10-5-13(19)11-12(16)2/h5-11H,4H2,1-3H3,(H,20,22). The minimum atomic E-state index is -0.417. The molecule has 0 saturated carbocycles. The number of hydrogen-bond acceptors (Lipinski definition) is 3. The number of aryl methyl sites for hydroxylation is 1. The average Bonchev–Trinajstić information content (AvgIpc) is 2.55. The first kappa shape index (κ1) is 18.0. The van der Waals surface area contributed by atoms with Crippen molar-refractivity contribution in [2.45, 2.75) is 13.8 Å². The normalized spacial score (nSPS) is 10.2. The number of benzene rings is 2. The van der Waals surface area contributed by atoms with Gasteiger partial charge in [0, 0.05) is 28.5 Å². The van der Waals surface area contributed by atoms with E-state index in [2.05, 4.69) is 21.2 Å². The van der Waals surface area contributed by atoms with E-state index in [0.717, 1.165) is 10.0 Å². The van der Waals surface area contributed by atoms with E-state index in [9.17, 15) is 9.59 Å². The summed E-state index contributed by atoms with van der Waals surface area (Å²) in [6, 6.07) is 12.5. The molecule has 0 radical (unpaired) electrons. The van der Waals surface area contributed by atoms with E-state index in [0.29, 0.717) is 23.5 Å². The van der Waals surface area contributed by atoms with Gasteiger partial charge in [-0.3, -0.25) is 9.69 Å². The number of anilines is 2. The average molecular weight is 391 g/mol. The zero-order valence-corrected chi connectivity index (χ0v) is 15.4. The highest BCUT2D eigenvalue weighted by molar-refractivity contribution is 9.10. The lowest BCUT2D eigenvalue weighted by Gasteiger charge is -2.17. The molecule has 0 aliphatic heterocycles. The number of amides is 2. The molecule has 2 rings (SSSR count). The Balaban J connectivity index is 2.08. The largest absolute Gasteiger partial charge is 0.449 e. The summed E-state index contributed by atoms with van der Waals surface area (Å²) in [4.78, 5) is 25.4. The molecule has 0 spiro atoms. The van der Waals surface area contributed by atoms with Gasteiger partial charge >= 0.3 is 6.09 Å². The lowest BCUT2D eigenvalue weighted by atomic mass is 10.1. The Hall–Kier alpha value is -2.34. The molecule has 126 valence electrons. The topological polar surface area (TPSA) is 58.6 Å². The Bertz CT molecular complexity index is 744. The van der Waals surface area contributed by atoms with Gasteiger partial charge in [0.25, 0.3) is 5.91 Å². The number of halogens is 1. The van der Waals surface area contributed by atoms with Gasteiger partial charge in [-0.2, -0.15) is 0 Å². The number of rotatable bonds is 4. The van der Waals surface area contributed by atoms with Crippen LogP contribution in [-0.2, 0) is 4.74 Å². The lowest BCUT2D eigenvalue weighted by Crippen LogP contribution is -2.26. The van der Waals surface area contributed by atoms with Crippen molar-refractivity contribution in [1.29, 1.82) is 0 Å². The molecule has 0 aromatic heterocycles. The third-order valence-electron chi connectivity index (χ3n) is 3.49. The molecule has 0 atom stereocenters. The second-order valence-electron chi connectivity index (χ2n) is 5.22. The molecule has 0 fully saturated rings. The second-order valence-corrected chi connectivity index (χ2v) is 6.13. The summed E-state index contributed by atoms with van der Waals surface area (Å²) >= 11 is 3.38. The minimum absolute atomic E-state index is 0.175. The molecule has 0 heterocycles. The Morgan fingerprint density at radius 2 is 1.83 bits per heavy atom. The fourth-order valence-corrected chi connectivity index (χ4v) is 2.65. The maximum atomic E-state index is 12.3. The van der Waals surface area contributed by atoms with E-state index in [4.69, 9.17) is 4.74 Å². The first-order chi connectivity index (χ1) is 11.4. The van der Waals surface area contributed by atoms with Gasteiger partial charge in [0.15, 0.2) is 0 Å². The quantitative estimate of drug-likeness (QED) is 0.829. The van der Waals surface area contributed by atoms with E-state index >= 15 is 0 Å². The van der Waals surface area contributed by atoms with Crippen LogP contribution in [0.15, 0.2) is 46.9 Å². The summed E-state index contributed by atoms with van der Waals surface area (Å²) in [5.41, 5.74) is 2.85. The van der Waals surface area contributed by atoms with E-state index in [-0.39, 0.29) is 5.91 Å². The van der Waals surface area contributed by atoms with Gasteiger partial charge in [0.1, 0.15) is 0 Å². The molecule has 1 N–H and O–H groups in total. The molecular weight excluding hydrogens is 372 g/mol. The molecule has 0 aliphatic rings. The highest BCUT2D eigenvalue weighted by Gasteiger charge is 2.12. The summed E-state index contributed by atoms with van der Waals surface area (Å²) in [7, 11) is 1.64. The van der Waals surface area contributed by atoms with Crippen molar-refractivity contribution in [2.24, 2.45) is 0 Å². The predicted octanol–water partition coefficient (Wildman–Crippen LogP) is 4.60. The minimum Gasteiger partial charge on any atom is -0.449 e. The van der Waals surface area contributed by atoms with Crippen molar-refractivity contribution in [2.75, 3.05) is 23.9 Å². The summed E-state index contributed by atoms with van der Waals surface area (Å²) in [5, 5.41) is 2.85. The first-order valence-corrected chi connectivity index (χ1v) is 8.29. The number of nitrogens with zero attached hydrogens (tertiary/aromatic N) is 1. The molecule has 2 aromatic rings. The molecule has 24 heavy (non-hydrogen) atoms. The molecule has 0 aliphatic carbocycles. The second kappa shape index (κ2) is 7.97. The number of ether oxygens (including phenoxy) is 1. The highest BCUT2D eigenvalue weighted by Crippen LogP contribution is 2.20. The Morgan fingerprint density at radius 3 is 2.42 bits per heavy atom. The van der Waals surface area contributed by atoms with Crippen molar-refractivity contribution in [3.63, 3.8) is 0 Å². The van der Waals surface area contributed by atoms with Crippen LogP contribution in [-0.4, -0.2) is 25.7 Å². The zero-order valence-electron chi connectivity index (χ0n) is 13.8. The van der Waals surface area contributed by atoms with Crippen molar-refractivity contribution in [3.05, 3.63) is 58.1 Å². The number of nitrogens with one attached hydrogen (secondary N) is 1. The van der Waals surface area contributed by atoms with Gasteiger partial charge in [-0.05, 0) is 61.9 Å². The van der Waals surface area contributed by atoms with Gasteiger partial charge in [0.05, 0.1) is 6.61 Å². The summed E-state index contributed by atoms with van der Waals surface area (Å²) in [6.45, 7) is 3.97. The van der Waals surface area contributed by atoms with Crippen molar-refractivity contribution < 1.29 is 14.3 Å². The Kier molecular flexibility index (Phi) is 5.98. The molecule has 2 amide bonds. The number of hydrogen-bond donors (Lipinski definition) is 1. The van der Waals surface area contributed by atoms with E-state index in [1.807, 2.05) is 19.1 Å². The molecule has 5 nitrogen and oxygen atoms in total. The van der Waals surface area contributed by atoms with Gasteiger partial charge in [-0.25, -0.2) is 4.79 Å². The van der Waals surface area contributed by atoms with Gasteiger partial charge in [-0.1, -0.05) is 15.9 Å². The van der Waals surface area contributed by atoms with Crippen LogP contribution in [0.2, 0.25) is 0 Å². The van der Waals surface area contributed by atoms with Crippen LogP contribution in [0.4, 0.5) is 16.2 Å². The van der Waals surface area contributed by atoms with Gasteiger partial charge in [-0.15, -0.1) is 0 Å². The Labute approximate surface area is 149 Å². The summed E-state index contributed by atoms with van der Waals surface area (Å²) in [6.07, 6.45) is -0.417. The third kappa shape index (κ3) is 4.35. The van der Waals surface area contributed by atoms with Crippen LogP contribution in [0.25, 0.3) is 0 Å². The van der Waals surface area contributed by atoms with Gasteiger partial charge < -0.3 is 10.1 Å². The maximum absolute atomic E-state index is 12.3. The van der Waals surface area contributed by atoms with Crippen molar-refractivity contribution in [3.8, 4) is 0 Å². The third-order valence-corrected chi connectivity index (χ3v) is 3.98. The van der Waals surface area contributed by atoms with Crippen LogP contribution < -0.4 is 10.2 Å². The fourth-order valence-electron chi connectivity index (χ4n) is 2.17. The maximum Gasteiger partial charge on any atom is 0.413 e. The fraction of sp³-hybridized carbons (Fsp3) is 0.222. The van der Waals surface area contributed by atoms with Crippen LogP contribution in [0.5, 0.6) is 0 Å². The molecule has 0 saturated heterocycles. The SMILES string of the molecule is CCOC(=O)N(C)c1ccc(NC(=O)c2ccc(Br)cc2C)cc1. The van der Waals surface area contributed by atoms with Crippen molar-refractivity contribution >= 4 is 39.3 Å². The lowest BCUT2D eigenvalue weighted by molar-refractivity contribution is 0.102. The molecule has 2 aromatic carbocycles. The first-order valence-electron chi connectivity index (χ1n) is 7.50. The summed E-state index contributed by atoms with van der Waals surface area (Å²) < 4.78 is 5.88. The van der Waals surface area contributed by atoms with E-state index < -0.39 is 6.09 Å². The molecule has 0 unspecified atom stereocenters. The van der Waals surface area contributed by atoms with Crippen LogP contribution in [0.3, 0.4) is 0 Å². The monoisotopic (exact) mass is 390 g/mol. The zero-order chi connectivity index (χ0) is 17.7. The van der Waals surface area contributed by atoms with Crippen molar-refractivity contribution in [1.82, 2.24) is 0 Å². The predicted molar refractivity (Wildman–Crippen MR) is 98.7 cm³/mol. The van der Waals surface area contributed by atoms with Crippen LogP contribution in [0, 0.1) is 6.92 Å².